The third kappa shape index (κ3) is 5.79. The maximum Gasteiger partial charge on any atom is 0.306 e. The maximum atomic E-state index is 12.3. The fourth-order valence-corrected chi connectivity index (χ4v) is 4.03. The van der Waals surface area contributed by atoms with Crippen LogP contribution in [0.1, 0.15) is 28.1 Å². The number of hydrazine groups is 1. The van der Waals surface area contributed by atoms with E-state index in [0.29, 0.717) is 16.3 Å². The van der Waals surface area contributed by atoms with Gasteiger partial charge in [-0.05, 0) is 11.6 Å². The summed E-state index contributed by atoms with van der Waals surface area (Å²) in [4.78, 5) is 36.2. The summed E-state index contributed by atoms with van der Waals surface area (Å²) in [5.74, 6) is -1.46. The summed E-state index contributed by atoms with van der Waals surface area (Å²) >= 11 is 7.48. The van der Waals surface area contributed by atoms with Crippen LogP contribution < -0.4 is 10.9 Å². The summed E-state index contributed by atoms with van der Waals surface area (Å²) in [7, 11) is 0. The zero-order valence-corrected chi connectivity index (χ0v) is 17.0. The largest absolute Gasteiger partial charge is 0.465 e. The molecule has 0 spiro atoms. The Labute approximate surface area is 176 Å². The minimum Gasteiger partial charge on any atom is -0.465 e. The Morgan fingerprint density at radius 3 is 2.41 bits per heavy atom. The fraction of sp³-hybridized carbons (Fsp3) is 0.190. The van der Waals surface area contributed by atoms with Crippen LogP contribution in [0.25, 0.3) is 10.1 Å². The first-order valence-corrected chi connectivity index (χ1v) is 10.2. The maximum absolute atomic E-state index is 12.3. The van der Waals surface area contributed by atoms with Crippen LogP contribution >= 0.6 is 22.9 Å². The molecular weight excluding hydrogens is 412 g/mol. The van der Waals surface area contributed by atoms with Crippen molar-refractivity contribution < 1.29 is 19.1 Å². The Bertz CT molecular complexity index is 1020. The van der Waals surface area contributed by atoms with Gasteiger partial charge in [0.25, 0.3) is 5.91 Å². The third-order valence-electron chi connectivity index (χ3n) is 4.11. The molecule has 2 amide bonds. The van der Waals surface area contributed by atoms with Crippen LogP contribution in [-0.4, -0.2) is 24.4 Å². The van der Waals surface area contributed by atoms with Crippen molar-refractivity contribution in [1.29, 1.82) is 0 Å². The normalized spacial score (nSPS) is 10.5. The van der Waals surface area contributed by atoms with Crippen LogP contribution in [-0.2, 0) is 20.7 Å². The SMILES string of the molecule is O=C(CCC(=O)OCCc1ccccc1)NNC(=O)c1sc2ccccc2c1Cl. The number of benzene rings is 2. The molecule has 0 bridgehead atoms. The number of rotatable bonds is 7. The van der Waals surface area contributed by atoms with Crippen LogP contribution in [0.4, 0.5) is 0 Å². The lowest BCUT2D eigenvalue weighted by atomic mass is 10.2. The van der Waals surface area contributed by atoms with Gasteiger partial charge in [0, 0.05) is 22.9 Å². The predicted molar refractivity (Wildman–Crippen MR) is 113 cm³/mol. The van der Waals surface area contributed by atoms with E-state index in [1.54, 1.807) is 0 Å². The number of halogens is 1. The molecule has 8 heteroatoms. The predicted octanol–water partition coefficient (Wildman–Crippen LogP) is 3.88. The van der Waals surface area contributed by atoms with Crippen molar-refractivity contribution in [3.63, 3.8) is 0 Å². The second kappa shape index (κ2) is 10.0. The molecule has 0 aliphatic heterocycles. The quantitative estimate of drug-likeness (QED) is 0.440. The topological polar surface area (TPSA) is 84.5 Å². The molecule has 3 rings (SSSR count). The van der Waals surface area contributed by atoms with Gasteiger partial charge in [-0.3, -0.25) is 25.2 Å². The highest BCUT2D eigenvalue weighted by Gasteiger charge is 2.17. The van der Waals surface area contributed by atoms with E-state index in [2.05, 4.69) is 10.9 Å². The van der Waals surface area contributed by atoms with Crippen LogP contribution in [0.2, 0.25) is 5.02 Å². The Hall–Kier alpha value is -2.90. The van der Waals surface area contributed by atoms with E-state index in [1.165, 1.54) is 11.3 Å². The number of ether oxygens (including phenoxy) is 1. The molecule has 6 nitrogen and oxygen atoms in total. The molecule has 0 saturated carbocycles. The van der Waals surface area contributed by atoms with Gasteiger partial charge >= 0.3 is 5.97 Å². The van der Waals surface area contributed by atoms with E-state index in [4.69, 9.17) is 16.3 Å². The highest BCUT2D eigenvalue weighted by Crippen LogP contribution is 2.34. The Morgan fingerprint density at radius 1 is 0.931 bits per heavy atom. The lowest BCUT2D eigenvalue weighted by Crippen LogP contribution is -2.41. The average Bonchev–Trinajstić information content (AvgIpc) is 3.08. The van der Waals surface area contributed by atoms with Crippen molar-refractivity contribution in [1.82, 2.24) is 10.9 Å². The van der Waals surface area contributed by atoms with Gasteiger partial charge in [-0.15, -0.1) is 11.3 Å². The lowest BCUT2D eigenvalue weighted by molar-refractivity contribution is -0.144. The first kappa shape index (κ1) is 20.8. The molecule has 1 aromatic heterocycles. The lowest BCUT2D eigenvalue weighted by Gasteiger charge is -2.07. The fourth-order valence-electron chi connectivity index (χ4n) is 2.62. The van der Waals surface area contributed by atoms with E-state index < -0.39 is 17.8 Å². The second-order valence-corrected chi connectivity index (χ2v) is 7.63. The monoisotopic (exact) mass is 430 g/mol. The summed E-state index contributed by atoms with van der Waals surface area (Å²) in [6.45, 7) is 0.256. The highest BCUT2D eigenvalue weighted by molar-refractivity contribution is 7.21. The van der Waals surface area contributed by atoms with Gasteiger partial charge in [0.15, 0.2) is 0 Å². The molecule has 2 N–H and O–H groups in total. The van der Waals surface area contributed by atoms with Crippen molar-refractivity contribution in [3.8, 4) is 0 Å². The van der Waals surface area contributed by atoms with Gasteiger partial charge in [-0.2, -0.15) is 0 Å². The van der Waals surface area contributed by atoms with E-state index in [0.717, 1.165) is 15.6 Å². The van der Waals surface area contributed by atoms with Crippen LogP contribution in [0, 0.1) is 0 Å². The summed E-state index contributed by atoms with van der Waals surface area (Å²) in [5, 5.41) is 1.13. The molecule has 0 aliphatic carbocycles. The van der Waals surface area contributed by atoms with Crippen molar-refractivity contribution in [2.75, 3.05) is 6.61 Å². The molecule has 2 aromatic carbocycles. The van der Waals surface area contributed by atoms with Gasteiger partial charge in [0.1, 0.15) is 4.88 Å². The van der Waals surface area contributed by atoms with Crippen LogP contribution in [0.15, 0.2) is 54.6 Å². The van der Waals surface area contributed by atoms with Gasteiger partial charge in [0.05, 0.1) is 18.1 Å². The summed E-state index contributed by atoms with van der Waals surface area (Å²) in [5.41, 5.74) is 5.69. The average molecular weight is 431 g/mol. The Morgan fingerprint density at radius 2 is 1.66 bits per heavy atom. The van der Waals surface area contributed by atoms with Crippen LogP contribution in [0.5, 0.6) is 0 Å². The number of fused-ring (bicyclic) bond motifs is 1. The van der Waals surface area contributed by atoms with E-state index in [9.17, 15) is 14.4 Å². The van der Waals surface area contributed by atoms with Gasteiger partial charge < -0.3 is 4.74 Å². The summed E-state index contributed by atoms with van der Waals surface area (Å²) < 4.78 is 6.00. The van der Waals surface area contributed by atoms with E-state index in [-0.39, 0.29) is 19.4 Å². The zero-order chi connectivity index (χ0) is 20.6. The number of hydrogen-bond acceptors (Lipinski definition) is 5. The molecular formula is C21H19ClN2O4S. The van der Waals surface area contributed by atoms with Crippen molar-refractivity contribution in [3.05, 3.63) is 70.1 Å². The highest BCUT2D eigenvalue weighted by atomic mass is 35.5. The standard InChI is InChI=1S/C21H19ClN2O4S/c22-19-15-8-4-5-9-16(15)29-20(19)21(27)24-23-17(25)10-11-18(26)28-13-12-14-6-2-1-3-7-14/h1-9H,10-13H2,(H,23,25)(H,24,27). The summed E-state index contributed by atoms with van der Waals surface area (Å²) in [6, 6.07) is 17.0. The molecule has 0 radical (unpaired) electrons. The molecule has 0 unspecified atom stereocenters. The number of thiophene rings is 1. The molecule has 0 atom stereocenters. The van der Waals surface area contributed by atoms with E-state index >= 15 is 0 Å². The molecule has 150 valence electrons. The number of carbonyl (C=O) groups excluding carboxylic acids is 3. The van der Waals surface area contributed by atoms with Crippen LogP contribution in [0.3, 0.4) is 0 Å². The minimum atomic E-state index is -0.505. The minimum absolute atomic E-state index is 0.0693. The number of esters is 1. The third-order valence-corrected chi connectivity index (χ3v) is 5.78. The van der Waals surface area contributed by atoms with Crippen molar-refractivity contribution >= 4 is 50.8 Å². The molecule has 29 heavy (non-hydrogen) atoms. The van der Waals surface area contributed by atoms with E-state index in [1.807, 2.05) is 54.6 Å². The molecule has 3 aromatic rings. The molecule has 0 aliphatic rings. The molecule has 1 heterocycles. The Kier molecular flexibility index (Phi) is 7.21. The number of nitrogens with one attached hydrogen (secondary N) is 2. The Balaban J connectivity index is 1.38. The molecule has 0 fully saturated rings. The number of hydrogen-bond donors (Lipinski definition) is 2. The van der Waals surface area contributed by atoms with Crippen molar-refractivity contribution in [2.45, 2.75) is 19.3 Å². The van der Waals surface area contributed by atoms with Gasteiger partial charge in [0.2, 0.25) is 5.91 Å². The van der Waals surface area contributed by atoms with Gasteiger partial charge in [-0.25, -0.2) is 0 Å². The smallest absolute Gasteiger partial charge is 0.306 e. The second-order valence-electron chi connectivity index (χ2n) is 6.20. The molecule has 0 saturated heterocycles. The first-order chi connectivity index (χ1) is 14.0. The number of amides is 2. The first-order valence-electron chi connectivity index (χ1n) is 9.00. The summed E-state index contributed by atoms with van der Waals surface area (Å²) in [6.07, 6.45) is 0.454. The zero-order valence-electron chi connectivity index (χ0n) is 15.4. The van der Waals surface area contributed by atoms with Gasteiger partial charge in [-0.1, -0.05) is 60.1 Å². The number of carbonyl (C=O) groups is 3. The van der Waals surface area contributed by atoms with Crippen molar-refractivity contribution in [2.24, 2.45) is 0 Å².